The third-order valence-corrected chi connectivity index (χ3v) is 3.28. The van der Waals surface area contributed by atoms with E-state index in [9.17, 15) is 14.0 Å². The van der Waals surface area contributed by atoms with Gasteiger partial charge in [-0.05, 0) is 30.5 Å². The van der Waals surface area contributed by atoms with Gasteiger partial charge in [-0.25, -0.2) is 9.18 Å². The number of rotatable bonds is 9. The van der Waals surface area contributed by atoms with E-state index in [4.69, 9.17) is 9.47 Å². The molecule has 1 aromatic rings. The Labute approximate surface area is 141 Å². The van der Waals surface area contributed by atoms with Crippen LogP contribution in [0.15, 0.2) is 36.9 Å². The average molecular weight is 337 g/mol. The maximum Gasteiger partial charge on any atom is 0.335 e. The summed E-state index contributed by atoms with van der Waals surface area (Å²) in [6.45, 7) is 9.07. The van der Waals surface area contributed by atoms with Gasteiger partial charge in [0.2, 0.25) is 0 Å². The van der Waals surface area contributed by atoms with Crippen molar-refractivity contribution in [3.63, 3.8) is 0 Å². The Bertz CT molecular complexity index is 557. The quantitative estimate of drug-likeness (QED) is 0.556. The Morgan fingerprint density at radius 2 is 1.88 bits per heavy atom. The molecule has 0 saturated carbocycles. The van der Waals surface area contributed by atoms with E-state index < -0.39 is 24.1 Å². The molecule has 1 N–H and O–H groups in total. The lowest BCUT2D eigenvalue weighted by Gasteiger charge is -2.22. The normalized spacial score (nSPS) is 13.2. The number of nitrogens with one attached hydrogen (secondary N) is 1. The second-order valence-corrected chi connectivity index (χ2v) is 5.71. The first-order chi connectivity index (χ1) is 11.3. The first-order valence-corrected chi connectivity index (χ1v) is 7.80. The van der Waals surface area contributed by atoms with E-state index in [1.807, 2.05) is 0 Å². The van der Waals surface area contributed by atoms with Crippen molar-refractivity contribution in [1.29, 1.82) is 0 Å². The molecule has 1 amide bonds. The topological polar surface area (TPSA) is 64.6 Å². The summed E-state index contributed by atoms with van der Waals surface area (Å²) in [5.41, 5.74) is 0.751. The first kappa shape index (κ1) is 19.8. The van der Waals surface area contributed by atoms with Gasteiger partial charge in [0.15, 0.2) is 12.2 Å². The van der Waals surface area contributed by atoms with Crippen molar-refractivity contribution in [3.8, 4) is 0 Å². The van der Waals surface area contributed by atoms with E-state index in [0.717, 1.165) is 5.56 Å². The number of carbonyl (C=O) groups is 2. The zero-order chi connectivity index (χ0) is 18.1. The molecule has 2 atom stereocenters. The molecule has 2 unspecified atom stereocenters. The number of carbonyl (C=O) groups excluding carboxylic acids is 2. The number of esters is 1. The molecule has 0 radical (unpaired) electrons. The smallest absolute Gasteiger partial charge is 0.335 e. The Hall–Kier alpha value is -2.21. The van der Waals surface area contributed by atoms with Gasteiger partial charge in [0.05, 0.1) is 6.61 Å². The standard InChI is InChI=1S/C18H24FNO4/c1-5-10-23-13(4)18(22)24-16(12(2)3)17(21)20-11-14-6-8-15(19)9-7-14/h5-9,12-13,16H,1,10-11H2,2-4H3,(H,20,21). The molecule has 0 heterocycles. The number of amides is 1. The maximum absolute atomic E-state index is 12.9. The summed E-state index contributed by atoms with van der Waals surface area (Å²) in [6, 6.07) is 5.80. The van der Waals surface area contributed by atoms with Crippen molar-refractivity contribution in [2.75, 3.05) is 6.61 Å². The maximum atomic E-state index is 12.9. The molecule has 0 spiro atoms. The zero-order valence-corrected chi connectivity index (χ0v) is 14.3. The molecule has 132 valence electrons. The van der Waals surface area contributed by atoms with Gasteiger partial charge in [0.1, 0.15) is 5.82 Å². The number of hydrogen-bond acceptors (Lipinski definition) is 4. The number of halogens is 1. The van der Waals surface area contributed by atoms with Gasteiger partial charge in [0, 0.05) is 6.54 Å². The summed E-state index contributed by atoms with van der Waals surface area (Å²) in [4.78, 5) is 24.3. The summed E-state index contributed by atoms with van der Waals surface area (Å²) in [7, 11) is 0. The zero-order valence-electron chi connectivity index (χ0n) is 14.3. The fourth-order valence-electron chi connectivity index (χ4n) is 1.89. The second-order valence-electron chi connectivity index (χ2n) is 5.71. The minimum Gasteiger partial charge on any atom is -0.450 e. The van der Waals surface area contributed by atoms with Crippen LogP contribution in [0.1, 0.15) is 26.3 Å². The highest BCUT2D eigenvalue weighted by atomic mass is 19.1. The van der Waals surface area contributed by atoms with Crippen LogP contribution in [0.25, 0.3) is 0 Å². The molecule has 1 rings (SSSR count). The molecule has 0 aliphatic carbocycles. The monoisotopic (exact) mass is 337 g/mol. The van der Waals surface area contributed by atoms with Gasteiger partial charge in [-0.1, -0.05) is 32.1 Å². The lowest BCUT2D eigenvalue weighted by atomic mass is 10.1. The van der Waals surface area contributed by atoms with Crippen LogP contribution in [0.5, 0.6) is 0 Å². The van der Waals surface area contributed by atoms with Crippen molar-refractivity contribution >= 4 is 11.9 Å². The van der Waals surface area contributed by atoms with E-state index in [1.165, 1.54) is 18.2 Å². The van der Waals surface area contributed by atoms with E-state index in [1.54, 1.807) is 32.9 Å². The highest BCUT2D eigenvalue weighted by Crippen LogP contribution is 2.10. The lowest BCUT2D eigenvalue weighted by molar-refractivity contribution is -0.168. The van der Waals surface area contributed by atoms with Crippen LogP contribution < -0.4 is 5.32 Å². The van der Waals surface area contributed by atoms with E-state index in [-0.39, 0.29) is 24.9 Å². The molecular formula is C18H24FNO4. The van der Waals surface area contributed by atoms with Crippen LogP contribution in [0.2, 0.25) is 0 Å². The van der Waals surface area contributed by atoms with Crippen molar-refractivity contribution < 1.29 is 23.5 Å². The average Bonchev–Trinajstić information content (AvgIpc) is 2.56. The molecule has 5 nitrogen and oxygen atoms in total. The third-order valence-electron chi connectivity index (χ3n) is 3.28. The Balaban J connectivity index is 2.59. The van der Waals surface area contributed by atoms with E-state index in [2.05, 4.69) is 11.9 Å². The van der Waals surface area contributed by atoms with Gasteiger partial charge in [-0.3, -0.25) is 4.79 Å². The predicted molar refractivity (Wildman–Crippen MR) is 88.6 cm³/mol. The van der Waals surface area contributed by atoms with Crippen LogP contribution in [0, 0.1) is 11.7 Å². The second kappa shape index (κ2) is 9.82. The van der Waals surface area contributed by atoms with Gasteiger partial charge in [0.25, 0.3) is 5.91 Å². The number of hydrogen-bond donors (Lipinski definition) is 1. The Kier molecular flexibility index (Phi) is 8.12. The van der Waals surface area contributed by atoms with Crippen molar-refractivity contribution in [3.05, 3.63) is 48.3 Å². The minimum absolute atomic E-state index is 0.200. The van der Waals surface area contributed by atoms with Crippen molar-refractivity contribution in [1.82, 2.24) is 5.32 Å². The third kappa shape index (κ3) is 6.50. The minimum atomic E-state index is -0.923. The summed E-state index contributed by atoms with van der Waals surface area (Å²) in [5.74, 6) is -1.55. The van der Waals surface area contributed by atoms with Crippen LogP contribution in [0.4, 0.5) is 4.39 Å². The molecule has 0 bridgehead atoms. The van der Waals surface area contributed by atoms with Gasteiger partial charge < -0.3 is 14.8 Å². The summed E-state index contributed by atoms with van der Waals surface area (Å²) < 4.78 is 23.3. The van der Waals surface area contributed by atoms with Crippen molar-refractivity contribution in [2.45, 2.75) is 39.5 Å². The Morgan fingerprint density at radius 3 is 2.42 bits per heavy atom. The molecule has 0 saturated heterocycles. The molecule has 0 fully saturated rings. The molecule has 0 aromatic heterocycles. The predicted octanol–water partition coefficient (Wildman–Crippen LogP) is 2.60. The van der Waals surface area contributed by atoms with Gasteiger partial charge in [-0.15, -0.1) is 6.58 Å². The SMILES string of the molecule is C=CCOC(C)C(=O)OC(C(=O)NCc1ccc(F)cc1)C(C)C. The largest absolute Gasteiger partial charge is 0.450 e. The molecule has 24 heavy (non-hydrogen) atoms. The van der Waals surface area contributed by atoms with E-state index in [0.29, 0.717) is 0 Å². The number of benzene rings is 1. The van der Waals surface area contributed by atoms with Crippen LogP contribution >= 0.6 is 0 Å². The summed E-state index contributed by atoms with van der Waals surface area (Å²) in [6.07, 6.45) is -0.180. The van der Waals surface area contributed by atoms with Gasteiger partial charge >= 0.3 is 5.97 Å². The molecule has 0 aliphatic rings. The molecule has 1 aromatic carbocycles. The van der Waals surface area contributed by atoms with Crippen molar-refractivity contribution in [2.24, 2.45) is 5.92 Å². The number of ether oxygens (including phenoxy) is 2. The van der Waals surface area contributed by atoms with Gasteiger partial charge in [-0.2, -0.15) is 0 Å². The summed E-state index contributed by atoms with van der Waals surface area (Å²) >= 11 is 0. The highest BCUT2D eigenvalue weighted by Gasteiger charge is 2.28. The summed E-state index contributed by atoms with van der Waals surface area (Å²) in [5, 5.41) is 2.69. The Morgan fingerprint density at radius 1 is 1.25 bits per heavy atom. The van der Waals surface area contributed by atoms with E-state index >= 15 is 0 Å². The lowest BCUT2D eigenvalue weighted by Crippen LogP contribution is -2.42. The molecular weight excluding hydrogens is 313 g/mol. The molecule has 6 heteroatoms. The first-order valence-electron chi connectivity index (χ1n) is 7.80. The highest BCUT2D eigenvalue weighted by molar-refractivity contribution is 5.84. The fraction of sp³-hybridized carbons (Fsp3) is 0.444. The van der Waals surface area contributed by atoms with Crippen LogP contribution in [-0.2, 0) is 25.6 Å². The van der Waals surface area contributed by atoms with Crippen LogP contribution in [-0.4, -0.2) is 30.7 Å². The van der Waals surface area contributed by atoms with Crippen LogP contribution in [0.3, 0.4) is 0 Å². The molecule has 0 aliphatic heterocycles. The fourth-order valence-corrected chi connectivity index (χ4v) is 1.89.